The molecule has 2 heterocycles. The van der Waals surface area contributed by atoms with Crippen LogP contribution in [0.3, 0.4) is 0 Å². The van der Waals surface area contributed by atoms with Gasteiger partial charge >= 0.3 is 0 Å². The van der Waals surface area contributed by atoms with E-state index in [0.717, 1.165) is 42.7 Å². The van der Waals surface area contributed by atoms with Crippen molar-refractivity contribution in [1.29, 1.82) is 0 Å². The molecule has 0 spiro atoms. The number of rotatable bonds is 13. The zero-order valence-corrected chi connectivity index (χ0v) is 29.9. The predicted octanol–water partition coefficient (Wildman–Crippen LogP) is 8.95. The summed E-state index contributed by atoms with van der Waals surface area (Å²) in [6.07, 6.45) is 5.92. The van der Waals surface area contributed by atoms with Gasteiger partial charge in [0, 0.05) is 61.9 Å². The van der Waals surface area contributed by atoms with Gasteiger partial charge < -0.3 is 19.1 Å². The van der Waals surface area contributed by atoms with Gasteiger partial charge in [0.05, 0.1) is 12.8 Å². The second-order valence-corrected chi connectivity index (χ2v) is 12.5. The third kappa shape index (κ3) is 11.0. The predicted molar refractivity (Wildman–Crippen MR) is 201 cm³/mol. The molecule has 51 heavy (non-hydrogen) atoms. The van der Waals surface area contributed by atoms with Crippen LogP contribution in [0.2, 0.25) is 5.02 Å². The summed E-state index contributed by atoms with van der Waals surface area (Å²) in [7, 11) is 0. The van der Waals surface area contributed by atoms with Crippen molar-refractivity contribution in [2.24, 2.45) is 0 Å². The largest absolute Gasteiger partial charge is 0.493 e. The second-order valence-electron chi connectivity index (χ2n) is 12.1. The lowest BCUT2D eigenvalue weighted by molar-refractivity contribution is -0.127. The van der Waals surface area contributed by atoms with E-state index in [1.54, 1.807) is 30.5 Å². The molecule has 1 saturated heterocycles. The monoisotopic (exact) mass is 727 g/mol. The average molecular weight is 729 g/mol. The van der Waals surface area contributed by atoms with Crippen LogP contribution in [0, 0.1) is 12.7 Å². The Kier molecular flexibility index (Phi) is 13.5. The van der Waals surface area contributed by atoms with Crippen LogP contribution in [0.5, 0.6) is 23.1 Å². The number of carbonyl (C=O) groups excluding carboxylic acids is 1. The molecule has 0 unspecified atom stereocenters. The van der Waals surface area contributed by atoms with E-state index >= 15 is 0 Å². The highest BCUT2D eigenvalue weighted by Crippen LogP contribution is 2.25. The molecule has 6 rings (SSSR count). The standard InChI is InChI=1S/C41H39ClFN3O4.ClH/c1-30-26-37(50-40-18-17-38(27-44-40)49-29-34-4-2-3-5-39(34)42)14-10-33(30)11-19-41(47)46-23-21-45(22-24-46)28-32-8-6-31(7-9-32)20-25-48-36-15-12-35(43)13-16-36;/h2-19,26-27H,20-25,28-29H2,1H3;1H. The van der Waals surface area contributed by atoms with E-state index in [0.29, 0.717) is 54.5 Å². The highest BCUT2D eigenvalue weighted by molar-refractivity contribution is 6.31. The summed E-state index contributed by atoms with van der Waals surface area (Å²) in [5.74, 6) is 2.14. The third-order valence-electron chi connectivity index (χ3n) is 8.52. The van der Waals surface area contributed by atoms with Crippen molar-refractivity contribution in [3.05, 3.63) is 154 Å². The number of halogens is 3. The molecule has 4 aromatic carbocycles. The fraction of sp³-hybridized carbons (Fsp3) is 0.220. The summed E-state index contributed by atoms with van der Waals surface area (Å²) in [5, 5.41) is 0.663. The van der Waals surface area contributed by atoms with Crippen LogP contribution in [-0.2, 0) is 24.4 Å². The molecule has 264 valence electrons. The van der Waals surface area contributed by atoms with Gasteiger partial charge in [0.1, 0.15) is 29.7 Å². The zero-order valence-electron chi connectivity index (χ0n) is 28.3. The number of hydrogen-bond donors (Lipinski definition) is 0. The van der Waals surface area contributed by atoms with Gasteiger partial charge in [-0.15, -0.1) is 12.4 Å². The average Bonchev–Trinajstić information content (AvgIpc) is 3.13. The van der Waals surface area contributed by atoms with Gasteiger partial charge in [0.15, 0.2) is 0 Å². The number of hydrogen-bond acceptors (Lipinski definition) is 6. The first-order valence-corrected chi connectivity index (χ1v) is 17.0. The van der Waals surface area contributed by atoms with Gasteiger partial charge in [-0.25, -0.2) is 9.37 Å². The van der Waals surface area contributed by atoms with Crippen LogP contribution in [0.25, 0.3) is 6.08 Å². The molecule has 0 saturated carbocycles. The number of amides is 1. The van der Waals surface area contributed by atoms with Gasteiger partial charge in [-0.3, -0.25) is 9.69 Å². The summed E-state index contributed by atoms with van der Waals surface area (Å²) >= 11 is 6.21. The first kappa shape index (κ1) is 37.4. The van der Waals surface area contributed by atoms with E-state index in [-0.39, 0.29) is 24.1 Å². The topological polar surface area (TPSA) is 64.1 Å². The Bertz CT molecular complexity index is 1900. The number of nitrogens with zero attached hydrogens (tertiary/aromatic N) is 3. The van der Waals surface area contributed by atoms with Crippen LogP contribution < -0.4 is 14.2 Å². The fourth-order valence-corrected chi connectivity index (χ4v) is 5.78. The molecule has 1 aromatic heterocycles. The van der Waals surface area contributed by atoms with E-state index in [9.17, 15) is 9.18 Å². The third-order valence-corrected chi connectivity index (χ3v) is 8.89. The number of piperazine rings is 1. The first-order chi connectivity index (χ1) is 24.4. The molecule has 0 aliphatic carbocycles. The van der Waals surface area contributed by atoms with Gasteiger partial charge in [0.2, 0.25) is 11.8 Å². The number of ether oxygens (including phenoxy) is 3. The molecule has 0 atom stereocenters. The zero-order chi connectivity index (χ0) is 34.7. The smallest absolute Gasteiger partial charge is 0.246 e. The maximum Gasteiger partial charge on any atom is 0.246 e. The summed E-state index contributed by atoms with van der Waals surface area (Å²) in [5.41, 5.74) is 5.27. The van der Waals surface area contributed by atoms with Gasteiger partial charge in [-0.2, -0.15) is 0 Å². The van der Waals surface area contributed by atoms with E-state index in [1.807, 2.05) is 66.4 Å². The highest BCUT2D eigenvalue weighted by Gasteiger charge is 2.20. The Morgan fingerprint density at radius 1 is 0.843 bits per heavy atom. The van der Waals surface area contributed by atoms with E-state index in [2.05, 4.69) is 34.1 Å². The maximum absolute atomic E-state index is 13.1. The molecule has 0 N–H and O–H groups in total. The minimum Gasteiger partial charge on any atom is -0.493 e. The molecule has 0 bridgehead atoms. The molecule has 1 amide bonds. The van der Waals surface area contributed by atoms with Crippen molar-refractivity contribution in [3.63, 3.8) is 0 Å². The van der Waals surface area contributed by atoms with Gasteiger partial charge in [0.25, 0.3) is 0 Å². The van der Waals surface area contributed by atoms with E-state index in [4.69, 9.17) is 25.8 Å². The Morgan fingerprint density at radius 3 is 2.25 bits per heavy atom. The van der Waals surface area contributed by atoms with E-state index < -0.39 is 0 Å². The molecular formula is C41H40Cl2FN3O4. The van der Waals surface area contributed by atoms with Crippen molar-refractivity contribution in [3.8, 4) is 23.1 Å². The van der Waals surface area contributed by atoms with Gasteiger partial charge in [-0.05, 0) is 83.8 Å². The molecule has 10 heteroatoms. The summed E-state index contributed by atoms with van der Waals surface area (Å²) in [6, 6.07) is 31.5. The molecule has 5 aromatic rings. The fourth-order valence-electron chi connectivity index (χ4n) is 5.59. The van der Waals surface area contributed by atoms with Crippen LogP contribution in [-0.4, -0.2) is 53.5 Å². The van der Waals surface area contributed by atoms with Crippen LogP contribution in [0.4, 0.5) is 4.39 Å². The lowest BCUT2D eigenvalue weighted by Crippen LogP contribution is -2.47. The van der Waals surface area contributed by atoms with Gasteiger partial charge in [-0.1, -0.05) is 60.1 Å². The SMILES string of the molecule is Cc1cc(Oc2ccc(OCc3ccccc3Cl)cn2)ccc1C=CC(=O)N1CCN(Cc2ccc(CCOc3ccc(F)cc3)cc2)CC1.Cl. The summed E-state index contributed by atoms with van der Waals surface area (Å²) in [6.45, 7) is 6.73. The quantitative estimate of drug-likeness (QED) is 0.113. The first-order valence-electron chi connectivity index (χ1n) is 16.6. The number of pyridine rings is 1. The van der Waals surface area contributed by atoms with Crippen molar-refractivity contribution in [1.82, 2.24) is 14.8 Å². The number of carbonyl (C=O) groups is 1. The minimum absolute atomic E-state index is 0. The summed E-state index contributed by atoms with van der Waals surface area (Å²) in [4.78, 5) is 21.6. The normalized spacial score (nSPS) is 13.1. The van der Waals surface area contributed by atoms with E-state index in [1.165, 1.54) is 23.3 Å². The molecule has 0 radical (unpaired) electrons. The van der Waals surface area contributed by atoms with Crippen molar-refractivity contribution in [2.45, 2.75) is 26.5 Å². The van der Waals surface area contributed by atoms with Crippen molar-refractivity contribution >= 4 is 36.0 Å². The number of benzene rings is 4. The molecule has 1 aliphatic heterocycles. The summed E-state index contributed by atoms with van der Waals surface area (Å²) < 4.78 is 30.5. The Morgan fingerprint density at radius 2 is 1.55 bits per heavy atom. The minimum atomic E-state index is -0.270. The van der Waals surface area contributed by atoms with Crippen LogP contribution >= 0.6 is 24.0 Å². The molecule has 1 aliphatic rings. The molecule has 7 nitrogen and oxygen atoms in total. The maximum atomic E-state index is 13.1. The number of aromatic nitrogens is 1. The lowest BCUT2D eigenvalue weighted by Gasteiger charge is -2.34. The Hall–Kier alpha value is -4.89. The molecular weight excluding hydrogens is 688 g/mol. The highest BCUT2D eigenvalue weighted by atomic mass is 35.5. The molecule has 1 fully saturated rings. The Balaban J connectivity index is 0.00000504. The van der Waals surface area contributed by atoms with Crippen LogP contribution in [0.15, 0.2) is 115 Å². The number of aryl methyl sites for hydroxylation is 1. The lowest BCUT2D eigenvalue weighted by atomic mass is 10.1. The van der Waals surface area contributed by atoms with Crippen molar-refractivity contribution in [2.75, 3.05) is 32.8 Å². The second kappa shape index (κ2) is 18.4. The van der Waals surface area contributed by atoms with Crippen LogP contribution in [0.1, 0.15) is 27.8 Å². The van der Waals surface area contributed by atoms with Crippen molar-refractivity contribution < 1.29 is 23.4 Å². The Labute approximate surface area is 309 Å².